The Morgan fingerprint density at radius 1 is 1.15 bits per heavy atom. The van der Waals surface area contributed by atoms with Crippen LogP contribution in [0.4, 0.5) is 14.9 Å². The molecule has 2 atom stereocenters. The van der Waals surface area contributed by atoms with Gasteiger partial charge in [-0.1, -0.05) is 32.9 Å². The quantitative estimate of drug-likeness (QED) is 0.408. The van der Waals surface area contributed by atoms with E-state index in [2.05, 4.69) is 33.9 Å². The van der Waals surface area contributed by atoms with Crippen LogP contribution >= 0.6 is 0 Å². The summed E-state index contributed by atoms with van der Waals surface area (Å²) < 4.78 is 33.2. The van der Waals surface area contributed by atoms with E-state index in [1.807, 2.05) is 12.1 Å². The maximum Gasteiger partial charge on any atom is 0.407 e. The highest BCUT2D eigenvalue weighted by molar-refractivity contribution is 6.74. The lowest BCUT2D eigenvalue weighted by atomic mass is 9.89. The van der Waals surface area contributed by atoms with Crippen LogP contribution in [0.2, 0.25) is 18.1 Å². The maximum absolute atomic E-state index is 15.2. The Labute approximate surface area is 241 Å². The Hall–Kier alpha value is -3.15. The second-order valence-corrected chi connectivity index (χ2v) is 17.2. The molecule has 0 aromatic heterocycles. The van der Waals surface area contributed by atoms with Crippen molar-refractivity contribution in [2.24, 2.45) is 0 Å². The number of nitrogens with zero attached hydrogens (tertiary/aromatic N) is 2. The highest BCUT2D eigenvalue weighted by Crippen LogP contribution is 2.41. The third-order valence-electron chi connectivity index (χ3n) is 8.64. The SMILES string of the molecule is COc1ccc(CN2C(=O)CCc3c(OCC4(O)CCN(C(=O)O)CC4O[Si](C)(C)C(C)(C)C)ccc(F)c32)cc1. The van der Waals surface area contributed by atoms with Gasteiger partial charge in [0.2, 0.25) is 5.91 Å². The second-order valence-electron chi connectivity index (χ2n) is 12.4. The first-order chi connectivity index (χ1) is 19.1. The number of amides is 2. The van der Waals surface area contributed by atoms with Gasteiger partial charge in [0, 0.05) is 18.5 Å². The molecule has 9 nitrogen and oxygen atoms in total. The first-order valence-electron chi connectivity index (χ1n) is 13.9. The fourth-order valence-corrected chi connectivity index (χ4v) is 6.36. The lowest BCUT2D eigenvalue weighted by Crippen LogP contribution is -2.63. The van der Waals surface area contributed by atoms with Crippen molar-refractivity contribution in [2.75, 3.05) is 31.7 Å². The van der Waals surface area contributed by atoms with Gasteiger partial charge in [-0.05, 0) is 60.8 Å². The minimum absolute atomic E-state index is 0.0212. The van der Waals surface area contributed by atoms with Crippen molar-refractivity contribution in [2.45, 2.75) is 76.4 Å². The van der Waals surface area contributed by atoms with E-state index in [4.69, 9.17) is 13.9 Å². The number of methoxy groups -OCH3 is 1. The molecule has 4 rings (SSSR count). The fourth-order valence-electron chi connectivity index (χ4n) is 5.00. The lowest BCUT2D eigenvalue weighted by Gasteiger charge is -2.48. The van der Waals surface area contributed by atoms with Crippen LogP contribution in [0.1, 0.15) is 44.7 Å². The van der Waals surface area contributed by atoms with Gasteiger partial charge in [-0.15, -0.1) is 0 Å². The minimum Gasteiger partial charge on any atom is -0.497 e. The van der Waals surface area contributed by atoms with E-state index in [0.717, 1.165) is 5.56 Å². The van der Waals surface area contributed by atoms with Crippen LogP contribution in [0.3, 0.4) is 0 Å². The number of carbonyl (C=O) groups is 2. The van der Waals surface area contributed by atoms with E-state index < -0.39 is 31.9 Å². The number of anilines is 1. The van der Waals surface area contributed by atoms with Gasteiger partial charge in [0.25, 0.3) is 0 Å². The second kappa shape index (κ2) is 11.6. The molecule has 2 unspecified atom stereocenters. The van der Waals surface area contributed by atoms with E-state index in [1.54, 1.807) is 19.2 Å². The molecule has 2 N–H and O–H groups in total. The van der Waals surface area contributed by atoms with Crippen molar-refractivity contribution in [3.8, 4) is 11.5 Å². The molecule has 0 saturated carbocycles. The Morgan fingerprint density at radius 2 is 1.83 bits per heavy atom. The van der Waals surface area contributed by atoms with E-state index >= 15 is 4.39 Å². The van der Waals surface area contributed by atoms with Crippen LogP contribution in [0.5, 0.6) is 11.5 Å². The summed E-state index contributed by atoms with van der Waals surface area (Å²) in [6.07, 6.45) is -1.24. The Bertz CT molecular complexity index is 1280. The van der Waals surface area contributed by atoms with Gasteiger partial charge < -0.3 is 33.9 Å². The molecule has 2 aliphatic heterocycles. The predicted molar refractivity (Wildman–Crippen MR) is 156 cm³/mol. The Kier molecular flexibility index (Phi) is 8.72. The summed E-state index contributed by atoms with van der Waals surface area (Å²) in [5.74, 6) is 0.353. The van der Waals surface area contributed by atoms with Crippen molar-refractivity contribution in [3.63, 3.8) is 0 Å². The topological polar surface area (TPSA) is 109 Å². The number of aliphatic hydroxyl groups is 1. The molecule has 1 fully saturated rings. The molecule has 2 aromatic rings. The minimum atomic E-state index is -2.38. The number of carboxylic acid groups (broad SMARTS) is 1. The monoisotopic (exact) mass is 588 g/mol. The number of carbonyl (C=O) groups excluding carboxylic acids is 1. The number of hydrogen-bond acceptors (Lipinski definition) is 6. The zero-order valence-corrected chi connectivity index (χ0v) is 25.7. The maximum atomic E-state index is 15.2. The highest BCUT2D eigenvalue weighted by Gasteiger charge is 2.49. The van der Waals surface area contributed by atoms with Crippen LogP contribution in [0, 0.1) is 5.82 Å². The number of hydrogen-bond donors (Lipinski definition) is 2. The lowest BCUT2D eigenvalue weighted by molar-refractivity contribution is -0.126. The van der Waals surface area contributed by atoms with Gasteiger partial charge in [0.1, 0.15) is 29.5 Å². The largest absolute Gasteiger partial charge is 0.497 e. The Morgan fingerprint density at radius 3 is 2.44 bits per heavy atom. The van der Waals surface area contributed by atoms with E-state index in [9.17, 15) is 19.8 Å². The zero-order chi connectivity index (χ0) is 30.2. The predicted octanol–water partition coefficient (Wildman–Crippen LogP) is 5.20. The third-order valence-corrected chi connectivity index (χ3v) is 13.1. The molecule has 0 radical (unpaired) electrons. The average Bonchev–Trinajstić information content (AvgIpc) is 2.90. The van der Waals surface area contributed by atoms with Gasteiger partial charge in [0.15, 0.2) is 8.32 Å². The van der Waals surface area contributed by atoms with Gasteiger partial charge in [-0.3, -0.25) is 4.79 Å². The Balaban J connectivity index is 1.59. The molecule has 2 heterocycles. The van der Waals surface area contributed by atoms with E-state index in [1.165, 1.54) is 21.9 Å². The van der Waals surface area contributed by atoms with Crippen molar-refractivity contribution < 1.29 is 38.1 Å². The van der Waals surface area contributed by atoms with Crippen LogP contribution in [-0.2, 0) is 22.2 Å². The molecule has 2 aliphatic rings. The molecule has 2 amide bonds. The van der Waals surface area contributed by atoms with Crippen molar-refractivity contribution >= 4 is 26.0 Å². The molecule has 41 heavy (non-hydrogen) atoms. The smallest absolute Gasteiger partial charge is 0.407 e. The number of ether oxygens (including phenoxy) is 2. The first-order valence-corrected chi connectivity index (χ1v) is 16.8. The molecule has 0 aliphatic carbocycles. The normalized spacial score (nSPS) is 21.5. The molecule has 0 spiro atoms. The van der Waals surface area contributed by atoms with Gasteiger partial charge in [0.05, 0.1) is 32.0 Å². The molecular formula is C30H41FN2O7Si. The fraction of sp³-hybridized carbons (Fsp3) is 0.533. The molecule has 2 aromatic carbocycles. The van der Waals surface area contributed by atoms with Gasteiger partial charge >= 0.3 is 6.09 Å². The number of likely N-dealkylation sites (tertiary alicyclic amines) is 1. The summed E-state index contributed by atoms with van der Waals surface area (Å²) in [5, 5.41) is 21.3. The van der Waals surface area contributed by atoms with E-state index in [-0.39, 0.29) is 55.7 Å². The summed E-state index contributed by atoms with van der Waals surface area (Å²) in [7, 11) is -0.808. The standard InChI is InChI=1S/C30H41FN2O7Si/c1-29(2,3)41(5,6)40-25-18-32(28(35)36)16-15-30(25,37)19-39-24-13-12-23(31)27-22(24)11-14-26(34)33(27)17-20-7-9-21(38-4)10-8-20/h7-10,12-13,25,37H,11,14-19H2,1-6H3,(H,35,36). The number of piperidine rings is 1. The molecule has 11 heteroatoms. The van der Waals surface area contributed by atoms with E-state index in [0.29, 0.717) is 23.5 Å². The van der Waals surface area contributed by atoms with Crippen molar-refractivity contribution in [3.05, 3.63) is 53.3 Å². The molecular weight excluding hydrogens is 547 g/mol. The number of halogens is 1. The summed E-state index contributed by atoms with van der Waals surface area (Å²) in [6.45, 7) is 10.5. The average molecular weight is 589 g/mol. The molecule has 0 bridgehead atoms. The summed E-state index contributed by atoms with van der Waals surface area (Å²) in [6, 6.07) is 10.0. The number of rotatable bonds is 8. The summed E-state index contributed by atoms with van der Waals surface area (Å²) in [5.41, 5.74) is 0.0986. The number of benzene rings is 2. The van der Waals surface area contributed by atoms with Gasteiger partial charge in [-0.2, -0.15) is 0 Å². The molecule has 1 saturated heterocycles. The number of fused-ring (bicyclic) bond motifs is 1. The zero-order valence-electron chi connectivity index (χ0n) is 24.7. The summed E-state index contributed by atoms with van der Waals surface area (Å²) >= 11 is 0. The van der Waals surface area contributed by atoms with Crippen LogP contribution in [-0.4, -0.2) is 73.9 Å². The first kappa shape index (κ1) is 30.8. The summed E-state index contributed by atoms with van der Waals surface area (Å²) in [4.78, 5) is 27.4. The van der Waals surface area contributed by atoms with Crippen LogP contribution in [0.15, 0.2) is 36.4 Å². The highest BCUT2D eigenvalue weighted by atomic mass is 28.4. The van der Waals surface area contributed by atoms with Crippen molar-refractivity contribution in [1.82, 2.24) is 4.90 Å². The van der Waals surface area contributed by atoms with Crippen LogP contribution < -0.4 is 14.4 Å². The van der Waals surface area contributed by atoms with Gasteiger partial charge in [-0.25, -0.2) is 9.18 Å². The van der Waals surface area contributed by atoms with Crippen LogP contribution in [0.25, 0.3) is 0 Å². The third kappa shape index (κ3) is 6.52. The van der Waals surface area contributed by atoms with Crippen molar-refractivity contribution in [1.29, 1.82) is 0 Å². The molecule has 224 valence electrons.